The molecule has 2 aromatic rings. The molecule has 4 heteroatoms. The first-order valence-corrected chi connectivity index (χ1v) is 12.1. The molecule has 0 aliphatic heterocycles. The van der Waals surface area contributed by atoms with E-state index in [0.717, 1.165) is 24.0 Å². The van der Waals surface area contributed by atoms with E-state index in [1.807, 2.05) is 30.3 Å². The molecule has 0 bridgehead atoms. The molecule has 0 radical (unpaired) electrons. The van der Waals surface area contributed by atoms with Crippen LogP contribution in [-0.4, -0.2) is 24.6 Å². The number of esters is 1. The molecule has 0 saturated heterocycles. The average Bonchev–Trinajstić information content (AvgIpc) is 2.74. The van der Waals surface area contributed by atoms with Crippen LogP contribution < -0.4 is 0 Å². The van der Waals surface area contributed by atoms with Crippen LogP contribution in [0.25, 0.3) is 0 Å². The van der Waals surface area contributed by atoms with Crippen LogP contribution in [0, 0.1) is 5.41 Å². The molecule has 2 aromatic carbocycles. The van der Waals surface area contributed by atoms with Crippen molar-refractivity contribution in [3.63, 3.8) is 0 Å². The summed E-state index contributed by atoms with van der Waals surface area (Å²) in [6.07, 6.45) is 2.79. The molecule has 0 aromatic heterocycles. The summed E-state index contributed by atoms with van der Waals surface area (Å²) in [6, 6.07) is 11.4. The van der Waals surface area contributed by atoms with Crippen LogP contribution in [0.3, 0.4) is 0 Å². The molecule has 3 rings (SSSR count). The molecule has 34 heavy (non-hydrogen) atoms. The molecule has 0 amide bonds. The standard InChI is InChI=1S/C30H38O4/c1-28(2,3)18-30(6,7)20-12-14-22-24(17-20)27(33)23-16-19(11-13-21(23)26(22)32)29(4,5)15-9-10-25(31)34-8/h11-14,16-17H,9-10,15,18H2,1-8H3. The van der Waals surface area contributed by atoms with Gasteiger partial charge in [0.1, 0.15) is 0 Å². The smallest absolute Gasteiger partial charge is 0.305 e. The van der Waals surface area contributed by atoms with E-state index >= 15 is 0 Å². The van der Waals surface area contributed by atoms with Gasteiger partial charge in [0.25, 0.3) is 0 Å². The number of methoxy groups -OCH3 is 1. The van der Waals surface area contributed by atoms with Crippen LogP contribution >= 0.6 is 0 Å². The summed E-state index contributed by atoms with van der Waals surface area (Å²) >= 11 is 0. The minimum atomic E-state index is -0.247. The Kier molecular flexibility index (Phi) is 6.94. The van der Waals surface area contributed by atoms with Crippen LogP contribution in [0.1, 0.15) is 117 Å². The fourth-order valence-corrected chi connectivity index (χ4v) is 5.34. The van der Waals surface area contributed by atoms with Crippen molar-refractivity contribution in [3.8, 4) is 0 Å². The van der Waals surface area contributed by atoms with Gasteiger partial charge in [-0.05, 0) is 70.9 Å². The molecular formula is C30H38O4. The molecule has 0 spiro atoms. The lowest BCUT2D eigenvalue weighted by Crippen LogP contribution is -2.27. The number of hydrogen-bond acceptors (Lipinski definition) is 4. The maximum absolute atomic E-state index is 13.6. The largest absolute Gasteiger partial charge is 0.469 e. The van der Waals surface area contributed by atoms with E-state index in [2.05, 4.69) is 48.5 Å². The fraction of sp³-hybridized carbons (Fsp3) is 0.500. The molecule has 0 fully saturated rings. The highest BCUT2D eigenvalue weighted by Crippen LogP contribution is 2.39. The second-order valence-electron chi connectivity index (χ2n) is 12.1. The molecule has 0 unspecified atom stereocenters. The second-order valence-corrected chi connectivity index (χ2v) is 12.1. The van der Waals surface area contributed by atoms with Crippen molar-refractivity contribution in [2.24, 2.45) is 5.41 Å². The molecule has 0 saturated carbocycles. The van der Waals surface area contributed by atoms with Gasteiger partial charge in [-0.2, -0.15) is 0 Å². The Bertz CT molecular complexity index is 1130. The van der Waals surface area contributed by atoms with E-state index in [0.29, 0.717) is 35.1 Å². The van der Waals surface area contributed by atoms with Gasteiger partial charge in [0, 0.05) is 28.7 Å². The topological polar surface area (TPSA) is 60.4 Å². The highest BCUT2D eigenvalue weighted by molar-refractivity contribution is 6.28. The number of fused-ring (bicyclic) bond motifs is 2. The third-order valence-corrected chi connectivity index (χ3v) is 6.96. The van der Waals surface area contributed by atoms with E-state index in [1.54, 1.807) is 6.07 Å². The van der Waals surface area contributed by atoms with Gasteiger partial charge in [0.15, 0.2) is 11.6 Å². The van der Waals surface area contributed by atoms with Crippen molar-refractivity contribution in [2.45, 2.75) is 85.0 Å². The van der Waals surface area contributed by atoms with E-state index in [4.69, 9.17) is 4.74 Å². The number of rotatable bonds is 7. The van der Waals surface area contributed by atoms with Gasteiger partial charge < -0.3 is 4.74 Å². The Labute approximate surface area is 204 Å². The van der Waals surface area contributed by atoms with Crippen LogP contribution in [0.4, 0.5) is 0 Å². The third kappa shape index (κ3) is 5.32. The summed E-state index contributed by atoms with van der Waals surface area (Å²) in [6.45, 7) is 15.2. The van der Waals surface area contributed by atoms with Crippen LogP contribution in [0.5, 0.6) is 0 Å². The van der Waals surface area contributed by atoms with Gasteiger partial charge in [-0.15, -0.1) is 0 Å². The lowest BCUT2D eigenvalue weighted by molar-refractivity contribution is -0.140. The van der Waals surface area contributed by atoms with Gasteiger partial charge in [0.2, 0.25) is 0 Å². The lowest BCUT2D eigenvalue weighted by Gasteiger charge is -2.34. The monoisotopic (exact) mass is 462 g/mol. The molecule has 0 atom stereocenters. The minimum Gasteiger partial charge on any atom is -0.469 e. The summed E-state index contributed by atoms with van der Waals surface area (Å²) in [5.41, 5.74) is 3.75. The zero-order valence-electron chi connectivity index (χ0n) is 21.9. The van der Waals surface area contributed by atoms with Crippen molar-refractivity contribution in [2.75, 3.05) is 7.11 Å². The maximum Gasteiger partial charge on any atom is 0.305 e. The first-order chi connectivity index (χ1) is 15.7. The normalized spacial score (nSPS) is 14.0. The number of carbonyl (C=O) groups excluding carboxylic acids is 3. The summed E-state index contributed by atoms with van der Waals surface area (Å²) in [4.78, 5) is 38.4. The summed E-state index contributed by atoms with van der Waals surface area (Å²) in [7, 11) is 1.40. The summed E-state index contributed by atoms with van der Waals surface area (Å²) in [5.74, 6) is -0.408. The van der Waals surface area contributed by atoms with E-state index < -0.39 is 0 Å². The molecule has 182 valence electrons. The van der Waals surface area contributed by atoms with Crippen LogP contribution in [-0.2, 0) is 20.4 Å². The molecule has 0 N–H and O–H groups in total. The zero-order valence-corrected chi connectivity index (χ0v) is 21.9. The Balaban J connectivity index is 1.95. The van der Waals surface area contributed by atoms with Gasteiger partial charge in [-0.1, -0.05) is 60.6 Å². The molecule has 1 aliphatic rings. The first-order valence-electron chi connectivity index (χ1n) is 12.1. The SMILES string of the molecule is COC(=O)CCCC(C)(C)c1ccc2c(c1)C(=O)c1cc(C(C)(C)CC(C)(C)C)ccc1C2=O. The highest BCUT2D eigenvalue weighted by atomic mass is 16.5. The zero-order chi connectivity index (χ0) is 25.5. The molecule has 0 heterocycles. The predicted molar refractivity (Wildman–Crippen MR) is 136 cm³/mol. The molecule has 1 aliphatic carbocycles. The Hall–Kier alpha value is -2.75. The van der Waals surface area contributed by atoms with Crippen LogP contribution in [0.2, 0.25) is 0 Å². The second kappa shape index (κ2) is 9.13. The van der Waals surface area contributed by atoms with Crippen molar-refractivity contribution >= 4 is 17.5 Å². The van der Waals surface area contributed by atoms with Crippen molar-refractivity contribution in [3.05, 3.63) is 69.8 Å². The highest BCUT2D eigenvalue weighted by Gasteiger charge is 2.34. The number of ether oxygens (including phenoxy) is 1. The van der Waals surface area contributed by atoms with Gasteiger partial charge >= 0.3 is 5.97 Å². The third-order valence-electron chi connectivity index (χ3n) is 6.96. The minimum absolute atomic E-state index is 0.0924. The summed E-state index contributed by atoms with van der Waals surface area (Å²) in [5, 5.41) is 0. The van der Waals surface area contributed by atoms with Gasteiger partial charge in [-0.25, -0.2) is 0 Å². The Morgan fingerprint density at radius 3 is 1.68 bits per heavy atom. The number of ketones is 2. The fourth-order valence-electron chi connectivity index (χ4n) is 5.34. The van der Waals surface area contributed by atoms with Crippen LogP contribution in [0.15, 0.2) is 36.4 Å². The number of benzene rings is 2. The Morgan fingerprint density at radius 1 is 0.735 bits per heavy atom. The average molecular weight is 463 g/mol. The van der Waals surface area contributed by atoms with Gasteiger partial charge in [-0.3, -0.25) is 14.4 Å². The summed E-state index contributed by atoms with van der Waals surface area (Å²) < 4.78 is 4.74. The lowest BCUT2D eigenvalue weighted by atomic mass is 9.71. The van der Waals surface area contributed by atoms with Crippen molar-refractivity contribution < 1.29 is 19.1 Å². The van der Waals surface area contributed by atoms with Gasteiger partial charge in [0.05, 0.1) is 7.11 Å². The maximum atomic E-state index is 13.6. The first kappa shape index (κ1) is 25.9. The van der Waals surface area contributed by atoms with E-state index in [-0.39, 0.29) is 33.8 Å². The number of hydrogen-bond donors (Lipinski definition) is 0. The Morgan fingerprint density at radius 2 is 1.21 bits per heavy atom. The quantitative estimate of drug-likeness (QED) is 0.362. The van der Waals surface area contributed by atoms with E-state index in [1.165, 1.54) is 7.11 Å². The number of carbonyl (C=O) groups is 3. The molecular weight excluding hydrogens is 424 g/mol. The van der Waals surface area contributed by atoms with Crippen molar-refractivity contribution in [1.82, 2.24) is 0 Å². The molecule has 4 nitrogen and oxygen atoms in total. The van der Waals surface area contributed by atoms with E-state index in [9.17, 15) is 14.4 Å². The predicted octanol–water partition coefficient (Wildman–Crippen LogP) is 6.80. The van der Waals surface area contributed by atoms with Crippen molar-refractivity contribution in [1.29, 1.82) is 0 Å².